The van der Waals surface area contributed by atoms with E-state index in [1.807, 2.05) is 43.3 Å². The standard InChI is InChI=1S/C25H19FN4O3S/c1-16-6-5-13-29-23(16)28-24-20(25(29)31)14-21(34(32,33)19-11-9-18(26)10-12-19)22(27)30(24)15-17-7-3-2-4-8-17/h2-14,27H,15H2,1H3/p+1. The highest BCUT2D eigenvalue weighted by Gasteiger charge is 2.29. The normalized spacial score (nSPS) is 11.8. The third-order valence-corrected chi connectivity index (χ3v) is 7.53. The molecule has 0 aliphatic heterocycles. The van der Waals surface area contributed by atoms with Gasteiger partial charge in [0.1, 0.15) is 16.1 Å². The van der Waals surface area contributed by atoms with Crippen LogP contribution in [0.4, 0.5) is 10.2 Å². The number of halogens is 1. The summed E-state index contributed by atoms with van der Waals surface area (Å²) in [7, 11) is -4.16. The zero-order chi connectivity index (χ0) is 24.0. The summed E-state index contributed by atoms with van der Waals surface area (Å²) >= 11 is 0. The molecule has 0 bridgehead atoms. The smallest absolute Gasteiger partial charge is 0.278 e. The van der Waals surface area contributed by atoms with Crippen LogP contribution >= 0.6 is 0 Å². The van der Waals surface area contributed by atoms with E-state index in [0.29, 0.717) is 5.65 Å². The molecular formula is C25H20FN4O3S+. The fourth-order valence-corrected chi connectivity index (χ4v) is 5.37. The summed E-state index contributed by atoms with van der Waals surface area (Å²) in [4.78, 5) is 17.8. The first-order valence-electron chi connectivity index (χ1n) is 10.5. The number of nitrogens with two attached hydrogens (primary N) is 1. The average Bonchev–Trinajstić information content (AvgIpc) is 2.82. The summed E-state index contributed by atoms with van der Waals surface area (Å²) in [6.07, 6.45) is 1.59. The van der Waals surface area contributed by atoms with Crippen molar-refractivity contribution in [1.29, 1.82) is 0 Å². The molecule has 2 aromatic carbocycles. The van der Waals surface area contributed by atoms with Crippen LogP contribution in [-0.4, -0.2) is 17.8 Å². The molecule has 0 saturated carbocycles. The molecule has 0 spiro atoms. The minimum atomic E-state index is -4.16. The maximum Gasteiger partial charge on any atom is 0.278 e. The van der Waals surface area contributed by atoms with Gasteiger partial charge in [-0.05, 0) is 48.9 Å². The van der Waals surface area contributed by atoms with Crippen molar-refractivity contribution in [2.45, 2.75) is 23.3 Å². The van der Waals surface area contributed by atoms with E-state index >= 15 is 0 Å². The van der Waals surface area contributed by atoms with Crippen molar-refractivity contribution in [1.82, 2.24) is 9.38 Å². The maximum atomic E-state index is 13.5. The van der Waals surface area contributed by atoms with E-state index in [9.17, 15) is 17.6 Å². The fourth-order valence-electron chi connectivity index (χ4n) is 3.97. The Kier molecular flexibility index (Phi) is 5.13. The predicted molar refractivity (Wildman–Crippen MR) is 126 cm³/mol. The van der Waals surface area contributed by atoms with E-state index < -0.39 is 21.2 Å². The Morgan fingerprint density at radius 1 is 1.03 bits per heavy atom. The van der Waals surface area contributed by atoms with Gasteiger partial charge in [0.05, 0.1) is 11.4 Å². The zero-order valence-electron chi connectivity index (χ0n) is 18.1. The lowest BCUT2D eigenvalue weighted by atomic mass is 10.2. The Balaban J connectivity index is 1.88. The molecule has 7 nitrogen and oxygen atoms in total. The molecule has 5 rings (SSSR count). The summed E-state index contributed by atoms with van der Waals surface area (Å²) in [5.41, 5.74) is 8.40. The second-order valence-corrected chi connectivity index (χ2v) is 9.88. The Bertz CT molecular complexity index is 1730. The van der Waals surface area contributed by atoms with Crippen molar-refractivity contribution in [3.63, 3.8) is 0 Å². The summed E-state index contributed by atoms with van der Waals surface area (Å²) in [6.45, 7) is 2.04. The van der Waals surface area contributed by atoms with Crippen LogP contribution in [0.25, 0.3) is 16.7 Å². The molecule has 0 fully saturated rings. The number of nitrogen functional groups attached to an aromatic ring is 1. The molecular weight excluding hydrogens is 455 g/mol. The van der Waals surface area contributed by atoms with Crippen LogP contribution in [0.3, 0.4) is 0 Å². The third-order valence-electron chi connectivity index (χ3n) is 5.74. The SMILES string of the molecule is Cc1cccn2c(=O)c3cc(S(=O)(=O)c4ccc(F)cc4)c(N)[n+](Cc4ccccc4)c3nc12. The second kappa shape index (κ2) is 8.03. The van der Waals surface area contributed by atoms with E-state index in [0.717, 1.165) is 23.3 Å². The Hall–Kier alpha value is -4.11. The molecule has 0 unspecified atom stereocenters. The van der Waals surface area contributed by atoms with Gasteiger partial charge in [0.2, 0.25) is 21.3 Å². The summed E-state index contributed by atoms with van der Waals surface area (Å²) in [5, 5.41) is 0.105. The number of nitrogens with zero attached hydrogens (tertiary/aromatic N) is 3. The lowest BCUT2D eigenvalue weighted by molar-refractivity contribution is -0.651. The number of hydrogen-bond acceptors (Lipinski definition) is 5. The van der Waals surface area contributed by atoms with Crippen molar-refractivity contribution in [3.05, 3.63) is 106 Å². The Morgan fingerprint density at radius 3 is 2.44 bits per heavy atom. The van der Waals surface area contributed by atoms with Gasteiger partial charge in [-0.3, -0.25) is 9.20 Å². The summed E-state index contributed by atoms with van der Waals surface area (Å²) < 4.78 is 43.3. The number of aryl methyl sites for hydroxylation is 1. The number of fused-ring (bicyclic) bond motifs is 2. The Labute approximate surface area is 194 Å². The van der Waals surface area contributed by atoms with Gasteiger partial charge >= 0.3 is 0 Å². The van der Waals surface area contributed by atoms with Crippen LogP contribution in [0.1, 0.15) is 11.1 Å². The van der Waals surface area contributed by atoms with Gasteiger partial charge in [0.15, 0.2) is 0 Å². The molecule has 0 atom stereocenters. The highest BCUT2D eigenvalue weighted by atomic mass is 32.2. The summed E-state index contributed by atoms with van der Waals surface area (Å²) in [5.74, 6) is -0.626. The van der Waals surface area contributed by atoms with E-state index in [2.05, 4.69) is 0 Å². The first-order valence-corrected chi connectivity index (χ1v) is 11.9. The minimum Gasteiger partial charge on any atom is -0.317 e. The maximum absolute atomic E-state index is 13.5. The van der Waals surface area contributed by atoms with E-state index in [4.69, 9.17) is 10.7 Å². The van der Waals surface area contributed by atoms with Gasteiger partial charge < -0.3 is 5.73 Å². The molecule has 5 aromatic rings. The first kappa shape index (κ1) is 21.7. The number of pyridine rings is 2. The molecule has 0 radical (unpaired) electrons. The fraction of sp³-hybridized carbons (Fsp3) is 0.0800. The minimum absolute atomic E-state index is 0.0643. The second-order valence-electron chi connectivity index (χ2n) is 7.96. The van der Waals surface area contributed by atoms with Crippen LogP contribution < -0.4 is 15.9 Å². The van der Waals surface area contributed by atoms with Crippen molar-refractivity contribution < 1.29 is 17.4 Å². The molecule has 0 amide bonds. The van der Waals surface area contributed by atoms with E-state index in [-0.39, 0.29) is 33.2 Å². The van der Waals surface area contributed by atoms with Gasteiger partial charge in [-0.25, -0.2) is 17.4 Å². The quantitative estimate of drug-likeness (QED) is 0.245. The third kappa shape index (κ3) is 3.50. The molecule has 3 heterocycles. The molecule has 3 aromatic heterocycles. The molecule has 2 N–H and O–H groups in total. The summed E-state index contributed by atoms with van der Waals surface area (Å²) in [6, 6.07) is 18.6. The molecule has 34 heavy (non-hydrogen) atoms. The lowest BCUT2D eigenvalue weighted by Gasteiger charge is -2.13. The van der Waals surface area contributed by atoms with Crippen molar-refractivity contribution in [2.75, 3.05) is 5.73 Å². The number of anilines is 1. The monoisotopic (exact) mass is 475 g/mol. The largest absolute Gasteiger partial charge is 0.317 e. The van der Waals surface area contributed by atoms with Gasteiger partial charge in [-0.1, -0.05) is 41.4 Å². The van der Waals surface area contributed by atoms with Crippen molar-refractivity contribution in [3.8, 4) is 0 Å². The highest BCUT2D eigenvalue weighted by molar-refractivity contribution is 7.91. The van der Waals surface area contributed by atoms with Crippen LogP contribution in [-0.2, 0) is 16.4 Å². The van der Waals surface area contributed by atoms with Crippen molar-refractivity contribution in [2.24, 2.45) is 0 Å². The number of aromatic nitrogens is 3. The molecule has 9 heteroatoms. The number of sulfone groups is 1. The van der Waals surface area contributed by atoms with Gasteiger partial charge in [-0.2, -0.15) is 0 Å². The van der Waals surface area contributed by atoms with E-state index in [1.165, 1.54) is 27.2 Å². The number of hydrogen-bond donors (Lipinski definition) is 1. The lowest BCUT2D eigenvalue weighted by Crippen LogP contribution is -2.42. The molecule has 0 aliphatic rings. The predicted octanol–water partition coefficient (Wildman–Crippen LogP) is 3.05. The first-order chi connectivity index (χ1) is 16.3. The molecule has 0 saturated heterocycles. The van der Waals surface area contributed by atoms with Gasteiger partial charge in [0.25, 0.3) is 11.2 Å². The van der Waals surface area contributed by atoms with Crippen LogP contribution in [0.5, 0.6) is 0 Å². The van der Waals surface area contributed by atoms with Crippen LogP contribution in [0.2, 0.25) is 0 Å². The Morgan fingerprint density at radius 2 is 1.74 bits per heavy atom. The number of benzene rings is 2. The topological polar surface area (TPSA) is 98.4 Å². The highest BCUT2D eigenvalue weighted by Crippen LogP contribution is 2.27. The van der Waals surface area contributed by atoms with Crippen molar-refractivity contribution >= 4 is 32.3 Å². The van der Waals surface area contributed by atoms with Gasteiger partial charge in [-0.15, -0.1) is 0 Å². The zero-order valence-corrected chi connectivity index (χ0v) is 19.0. The van der Waals surface area contributed by atoms with Crippen LogP contribution in [0.15, 0.2) is 93.6 Å². The van der Waals surface area contributed by atoms with Crippen LogP contribution in [0, 0.1) is 12.7 Å². The molecule has 170 valence electrons. The number of rotatable bonds is 4. The van der Waals surface area contributed by atoms with Gasteiger partial charge in [0, 0.05) is 11.8 Å². The van der Waals surface area contributed by atoms with E-state index in [1.54, 1.807) is 12.3 Å². The molecule has 0 aliphatic carbocycles. The average molecular weight is 476 g/mol.